The Morgan fingerprint density at radius 1 is 1.23 bits per heavy atom. The van der Waals surface area contributed by atoms with Gasteiger partial charge in [0, 0.05) is 5.75 Å². The van der Waals surface area contributed by atoms with Gasteiger partial charge in [0.05, 0.1) is 10.1 Å². The van der Waals surface area contributed by atoms with Crippen molar-refractivity contribution in [2.45, 2.75) is 39.0 Å². The standard InChI is InChI=1S/C8H17O3S.Na/c1-2-3-4-5-6-7-8-12(9,10)11;/h5H,2-4,6-8H2,1H3,(H,9,10,11);/q;+1/p-1. The molecular formula is C8H16NaO3S. The third-order valence-electron chi connectivity index (χ3n) is 1.56. The van der Waals surface area contributed by atoms with E-state index in [1.165, 1.54) is 0 Å². The third kappa shape index (κ3) is 15.6. The molecule has 0 aromatic carbocycles. The fourth-order valence-electron chi connectivity index (χ4n) is 0.897. The number of hydrogen-bond acceptors (Lipinski definition) is 3. The molecule has 0 heterocycles. The van der Waals surface area contributed by atoms with Crippen LogP contribution in [0.4, 0.5) is 0 Å². The van der Waals surface area contributed by atoms with Crippen LogP contribution >= 0.6 is 0 Å². The number of hydrogen-bond donors (Lipinski definition) is 0. The zero-order valence-electron chi connectivity index (χ0n) is 8.45. The fourth-order valence-corrected chi connectivity index (χ4v) is 1.42. The molecule has 3 nitrogen and oxygen atoms in total. The van der Waals surface area contributed by atoms with Gasteiger partial charge in [-0.05, 0) is 19.3 Å². The summed E-state index contributed by atoms with van der Waals surface area (Å²) in [5, 5.41) is 0. The zero-order valence-corrected chi connectivity index (χ0v) is 11.3. The predicted octanol–water partition coefficient (Wildman–Crippen LogP) is -1.29. The summed E-state index contributed by atoms with van der Waals surface area (Å²) in [4.78, 5) is 0. The second kappa shape index (κ2) is 9.46. The van der Waals surface area contributed by atoms with E-state index >= 15 is 0 Å². The SMILES string of the molecule is CCCC[CH]CCCS(=O)(=O)[O-].[Na+]. The number of rotatable bonds is 7. The monoisotopic (exact) mass is 215 g/mol. The van der Waals surface area contributed by atoms with E-state index in [9.17, 15) is 13.0 Å². The fraction of sp³-hybridized carbons (Fsp3) is 0.875. The molecule has 0 aliphatic carbocycles. The first kappa shape index (κ1) is 16.3. The van der Waals surface area contributed by atoms with Gasteiger partial charge >= 0.3 is 29.6 Å². The summed E-state index contributed by atoms with van der Waals surface area (Å²) >= 11 is 0. The maximum atomic E-state index is 10.2. The van der Waals surface area contributed by atoms with Crippen molar-refractivity contribution in [2.24, 2.45) is 0 Å². The normalized spacial score (nSPS) is 10.9. The van der Waals surface area contributed by atoms with E-state index in [1.54, 1.807) is 0 Å². The molecule has 0 saturated carbocycles. The Hall–Kier alpha value is 0.910. The quantitative estimate of drug-likeness (QED) is 0.302. The van der Waals surface area contributed by atoms with Crippen molar-refractivity contribution in [3.8, 4) is 0 Å². The van der Waals surface area contributed by atoms with Crippen LogP contribution in [-0.4, -0.2) is 18.7 Å². The van der Waals surface area contributed by atoms with E-state index in [4.69, 9.17) is 0 Å². The van der Waals surface area contributed by atoms with Gasteiger partial charge in [-0.15, -0.1) is 0 Å². The summed E-state index contributed by atoms with van der Waals surface area (Å²) in [6.07, 6.45) is 6.57. The van der Waals surface area contributed by atoms with Crippen LogP contribution in [0.5, 0.6) is 0 Å². The van der Waals surface area contributed by atoms with E-state index in [-0.39, 0.29) is 35.3 Å². The van der Waals surface area contributed by atoms with Gasteiger partial charge in [-0.1, -0.05) is 26.2 Å². The second-order valence-corrected chi connectivity index (χ2v) is 4.36. The molecule has 0 N–H and O–H groups in total. The molecule has 0 atom stereocenters. The summed E-state index contributed by atoms with van der Waals surface area (Å²) in [6.45, 7) is 2.11. The second-order valence-electron chi connectivity index (χ2n) is 2.83. The van der Waals surface area contributed by atoms with Gasteiger partial charge in [0.2, 0.25) is 0 Å². The summed E-state index contributed by atoms with van der Waals surface area (Å²) in [7, 11) is -3.99. The molecule has 0 fully saturated rings. The van der Waals surface area contributed by atoms with E-state index in [0.717, 1.165) is 25.7 Å². The van der Waals surface area contributed by atoms with Crippen LogP contribution in [0.25, 0.3) is 0 Å². The molecule has 0 aromatic heterocycles. The Morgan fingerprint density at radius 2 is 1.77 bits per heavy atom. The summed E-state index contributed by atoms with van der Waals surface area (Å²) in [5.74, 6) is -0.227. The van der Waals surface area contributed by atoms with Crippen molar-refractivity contribution < 1.29 is 42.5 Å². The summed E-state index contributed by atoms with van der Waals surface area (Å²) in [6, 6.07) is 0. The van der Waals surface area contributed by atoms with Gasteiger partial charge in [-0.3, -0.25) is 0 Å². The Kier molecular flexibility index (Phi) is 11.9. The van der Waals surface area contributed by atoms with Crippen LogP contribution in [0.1, 0.15) is 39.0 Å². The van der Waals surface area contributed by atoms with Crippen molar-refractivity contribution in [1.29, 1.82) is 0 Å². The van der Waals surface area contributed by atoms with Crippen molar-refractivity contribution >= 4 is 10.1 Å². The molecule has 0 aromatic rings. The first-order valence-electron chi connectivity index (χ1n) is 4.31. The Bertz CT molecular complexity index is 190. The molecule has 1 radical (unpaired) electrons. The molecule has 0 aliphatic heterocycles. The molecule has 13 heavy (non-hydrogen) atoms. The molecule has 5 heteroatoms. The van der Waals surface area contributed by atoms with Crippen molar-refractivity contribution in [3.05, 3.63) is 6.42 Å². The first-order chi connectivity index (χ1) is 5.56. The van der Waals surface area contributed by atoms with Crippen LogP contribution in [0, 0.1) is 6.42 Å². The Balaban J connectivity index is 0. The van der Waals surface area contributed by atoms with E-state index in [0.29, 0.717) is 6.42 Å². The van der Waals surface area contributed by atoms with Crippen LogP contribution in [0.2, 0.25) is 0 Å². The molecule has 73 valence electrons. The van der Waals surface area contributed by atoms with Crippen LogP contribution < -0.4 is 29.6 Å². The first-order valence-corrected chi connectivity index (χ1v) is 5.89. The smallest absolute Gasteiger partial charge is 0.748 e. The van der Waals surface area contributed by atoms with Crippen molar-refractivity contribution in [1.82, 2.24) is 0 Å². The van der Waals surface area contributed by atoms with Gasteiger partial charge in [0.15, 0.2) is 0 Å². The minimum Gasteiger partial charge on any atom is -0.748 e. The van der Waals surface area contributed by atoms with Gasteiger partial charge in [-0.2, -0.15) is 0 Å². The minimum atomic E-state index is -3.99. The van der Waals surface area contributed by atoms with Crippen LogP contribution in [-0.2, 0) is 10.1 Å². The Labute approximate surface area is 103 Å². The molecule has 0 rings (SSSR count). The molecule has 0 saturated heterocycles. The van der Waals surface area contributed by atoms with E-state index in [1.807, 2.05) is 0 Å². The molecule has 0 amide bonds. The molecular weight excluding hydrogens is 199 g/mol. The third-order valence-corrected chi connectivity index (χ3v) is 2.35. The number of unbranched alkanes of at least 4 members (excludes halogenated alkanes) is 5. The average molecular weight is 215 g/mol. The van der Waals surface area contributed by atoms with Gasteiger partial charge in [-0.25, -0.2) is 8.42 Å². The predicted molar refractivity (Wildman–Crippen MR) is 47.6 cm³/mol. The van der Waals surface area contributed by atoms with Gasteiger partial charge < -0.3 is 4.55 Å². The maximum Gasteiger partial charge on any atom is 1.00 e. The maximum absolute atomic E-state index is 10.2. The zero-order chi connectivity index (χ0) is 9.45. The van der Waals surface area contributed by atoms with Crippen LogP contribution in [0.15, 0.2) is 0 Å². The van der Waals surface area contributed by atoms with E-state index in [2.05, 4.69) is 13.3 Å². The minimum absolute atomic E-state index is 0. The molecule has 0 unspecified atom stereocenters. The van der Waals surface area contributed by atoms with Gasteiger partial charge in [0.25, 0.3) is 0 Å². The molecule has 0 bridgehead atoms. The summed E-state index contributed by atoms with van der Waals surface area (Å²) in [5.41, 5.74) is 0. The van der Waals surface area contributed by atoms with Gasteiger partial charge in [0.1, 0.15) is 0 Å². The largest absolute Gasteiger partial charge is 1.00 e. The van der Waals surface area contributed by atoms with Crippen LogP contribution in [0.3, 0.4) is 0 Å². The average Bonchev–Trinajstić information content (AvgIpc) is 1.94. The molecule has 0 aliphatic rings. The Morgan fingerprint density at radius 3 is 2.23 bits per heavy atom. The topological polar surface area (TPSA) is 57.2 Å². The van der Waals surface area contributed by atoms with Crippen molar-refractivity contribution in [2.75, 3.05) is 5.75 Å². The van der Waals surface area contributed by atoms with Crippen molar-refractivity contribution in [3.63, 3.8) is 0 Å². The van der Waals surface area contributed by atoms with E-state index < -0.39 is 10.1 Å². The summed E-state index contributed by atoms with van der Waals surface area (Å²) < 4.78 is 30.5. The molecule has 0 spiro atoms.